The van der Waals surface area contributed by atoms with Crippen LogP contribution >= 0.6 is 0 Å². The number of halogens is 3. The number of likely N-dealkylation sites (N-methyl/N-ethyl adjacent to an activating group) is 1. The van der Waals surface area contributed by atoms with Crippen molar-refractivity contribution in [3.05, 3.63) is 35.1 Å². The number of hydrogen-bond donors (Lipinski definition) is 1. The van der Waals surface area contributed by atoms with E-state index in [9.17, 15) is 18.3 Å². The summed E-state index contributed by atoms with van der Waals surface area (Å²) >= 11 is 0. The van der Waals surface area contributed by atoms with E-state index >= 15 is 0 Å². The number of rotatable bonds is 3. The minimum absolute atomic E-state index is 0.0279. The Hall–Kier alpha value is -1.07. The van der Waals surface area contributed by atoms with Crippen molar-refractivity contribution in [3.8, 4) is 0 Å². The number of aliphatic hydroxyl groups is 1. The van der Waals surface area contributed by atoms with Crippen LogP contribution in [0.4, 0.5) is 13.2 Å². The van der Waals surface area contributed by atoms with Gasteiger partial charge in [0.2, 0.25) is 0 Å². The highest BCUT2D eigenvalue weighted by Gasteiger charge is 2.15. The van der Waals surface area contributed by atoms with E-state index in [1.165, 1.54) is 0 Å². The predicted molar refractivity (Wildman–Crippen MR) is 49.8 cm³/mol. The molecule has 5 heteroatoms. The monoisotopic (exact) mass is 219 g/mol. The van der Waals surface area contributed by atoms with Gasteiger partial charge in [0.1, 0.15) is 0 Å². The third kappa shape index (κ3) is 2.94. The van der Waals surface area contributed by atoms with E-state index in [2.05, 4.69) is 0 Å². The number of aliphatic hydroxyl groups excluding tert-OH is 1. The largest absolute Gasteiger partial charge is 0.387 e. The Morgan fingerprint density at radius 1 is 1.20 bits per heavy atom. The van der Waals surface area contributed by atoms with Crippen LogP contribution in [0, 0.1) is 17.5 Å². The van der Waals surface area contributed by atoms with Gasteiger partial charge in [0.25, 0.3) is 0 Å². The SMILES string of the molecule is CN(C)C[C@H](O)c1cc(F)c(F)c(F)c1. The van der Waals surface area contributed by atoms with Gasteiger partial charge < -0.3 is 10.0 Å². The summed E-state index contributed by atoms with van der Waals surface area (Å²) < 4.78 is 38.2. The van der Waals surface area contributed by atoms with Crippen LogP contribution in [-0.2, 0) is 0 Å². The average molecular weight is 219 g/mol. The topological polar surface area (TPSA) is 23.5 Å². The summed E-state index contributed by atoms with van der Waals surface area (Å²) in [6.45, 7) is 0.213. The second-order valence-electron chi connectivity index (χ2n) is 3.58. The maximum absolute atomic E-state index is 12.8. The lowest BCUT2D eigenvalue weighted by Crippen LogP contribution is -2.20. The second-order valence-corrected chi connectivity index (χ2v) is 3.58. The van der Waals surface area contributed by atoms with Crippen molar-refractivity contribution in [2.75, 3.05) is 20.6 Å². The molecule has 0 unspecified atom stereocenters. The Morgan fingerprint density at radius 2 is 1.67 bits per heavy atom. The molecule has 0 saturated carbocycles. The van der Waals surface area contributed by atoms with Gasteiger partial charge in [-0.25, -0.2) is 13.2 Å². The van der Waals surface area contributed by atoms with Crippen LogP contribution in [0.1, 0.15) is 11.7 Å². The van der Waals surface area contributed by atoms with Gasteiger partial charge >= 0.3 is 0 Å². The van der Waals surface area contributed by atoms with E-state index in [4.69, 9.17) is 0 Å². The van der Waals surface area contributed by atoms with Crippen molar-refractivity contribution in [3.63, 3.8) is 0 Å². The van der Waals surface area contributed by atoms with Crippen molar-refractivity contribution in [2.45, 2.75) is 6.10 Å². The van der Waals surface area contributed by atoms with Crippen molar-refractivity contribution in [1.29, 1.82) is 0 Å². The van der Waals surface area contributed by atoms with Gasteiger partial charge in [-0.05, 0) is 31.8 Å². The molecule has 15 heavy (non-hydrogen) atoms. The first kappa shape index (κ1) is 12.0. The summed E-state index contributed by atoms with van der Waals surface area (Å²) in [6, 6.07) is 1.60. The zero-order valence-corrected chi connectivity index (χ0v) is 8.47. The Kier molecular flexibility index (Phi) is 3.71. The molecule has 0 aliphatic rings. The molecule has 0 radical (unpaired) electrons. The van der Waals surface area contributed by atoms with Gasteiger partial charge in [-0.3, -0.25) is 0 Å². The van der Waals surface area contributed by atoms with E-state index in [0.717, 1.165) is 12.1 Å². The maximum Gasteiger partial charge on any atom is 0.194 e. The van der Waals surface area contributed by atoms with E-state index in [1.54, 1.807) is 19.0 Å². The fourth-order valence-electron chi connectivity index (χ4n) is 1.22. The summed E-state index contributed by atoms with van der Waals surface area (Å²) in [5.41, 5.74) is 0.0279. The first-order valence-electron chi connectivity index (χ1n) is 4.39. The average Bonchev–Trinajstić information content (AvgIpc) is 2.12. The highest BCUT2D eigenvalue weighted by molar-refractivity contribution is 5.21. The van der Waals surface area contributed by atoms with Gasteiger partial charge in [-0.15, -0.1) is 0 Å². The molecule has 0 bridgehead atoms. The van der Waals surface area contributed by atoms with Crippen LogP contribution in [0.25, 0.3) is 0 Å². The van der Waals surface area contributed by atoms with Crippen LogP contribution in [0.5, 0.6) is 0 Å². The van der Waals surface area contributed by atoms with E-state index in [1.807, 2.05) is 0 Å². The molecule has 0 spiro atoms. The molecular weight excluding hydrogens is 207 g/mol. The summed E-state index contributed by atoms with van der Waals surface area (Å²) in [7, 11) is 3.42. The van der Waals surface area contributed by atoms with Crippen molar-refractivity contribution in [1.82, 2.24) is 4.90 Å². The van der Waals surface area contributed by atoms with Crippen LogP contribution in [0.3, 0.4) is 0 Å². The maximum atomic E-state index is 12.8. The summed E-state index contributed by atoms with van der Waals surface area (Å²) in [4.78, 5) is 1.66. The molecule has 0 aliphatic carbocycles. The molecule has 1 N–H and O–H groups in total. The van der Waals surface area contributed by atoms with Crippen molar-refractivity contribution in [2.24, 2.45) is 0 Å². The fourth-order valence-corrected chi connectivity index (χ4v) is 1.22. The van der Waals surface area contributed by atoms with Crippen LogP contribution in [0.15, 0.2) is 12.1 Å². The fraction of sp³-hybridized carbons (Fsp3) is 0.400. The molecule has 0 aliphatic heterocycles. The lowest BCUT2D eigenvalue weighted by Gasteiger charge is -2.16. The predicted octanol–water partition coefficient (Wildman–Crippen LogP) is 1.70. The Balaban J connectivity index is 2.95. The van der Waals surface area contributed by atoms with Crippen molar-refractivity contribution < 1.29 is 18.3 Å². The molecular formula is C10H12F3NO. The van der Waals surface area contributed by atoms with Crippen molar-refractivity contribution >= 4 is 0 Å². The first-order chi connectivity index (χ1) is 6.91. The Labute approximate surface area is 85.9 Å². The van der Waals surface area contributed by atoms with Gasteiger partial charge in [-0.1, -0.05) is 0 Å². The van der Waals surface area contributed by atoms with E-state index < -0.39 is 23.6 Å². The molecule has 1 atom stereocenters. The third-order valence-electron chi connectivity index (χ3n) is 1.93. The van der Waals surface area contributed by atoms with Crippen LogP contribution < -0.4 is 0 Å². The normalized spacial score (nSPS) is 13.3. The molecule has 1 rings (SSSR count). The zero-order valence-electron chi connectivity index (χ0n) is 8.47. The first-order valence-corrected chi connectivity index (χ1v) is 4.39. The number of benzene rings is 1. The Bertz CT molecular complexity index is 332. The summed E-state index contributed by atoms with van der Waals surface area (Å²) in [5, 5.41) is 9.53. The van der Waals surface area contributed by atoms with Gasteiger partial charge in [-0.2, -0.15) is 0 Å². The second kappa shape index (κ2) is 4.63. The highest BCUT2D eigenvalue weighted by atomic mass is 19.2. The lowest BCUT2D eigenvalue weighted by molar-refractivity contribution is 0.137. The molecule has 2 nitrogen and oxygen atoms in total. The molecule has 1 aromatic carbocycles. The van der Waals surface area contributed by atoms with Crippen LogP contribution in [0.2, 0.25) is 0 Å². The number of nitrogens with zero attached hydrogens (tertiary/aromatic N) is 1. The number of hydrogen-bond acceptors (Lipinski definition) is 2. The zero-order chi connectivity index (χ0) is 11.6. The molecule has 0 saturated heterocycles. The quantitative estimate of drug-likeness (QED) is 0.782. The molecule has 1 aromatic rings. The van der Waals surface area contributed by atoms with E-state index in [0.29, 0.717) is 0 Å². The minimum Gasteiger partial charge on any atom is -0.387 e. The molecule has 0 amide bonds. The molecule has 0 heterocycles. The van der Waals surface area contributed by atoms with E-state index in [-0.39, 0.29) is 12.1 Å². The highest BCUT2D eigenvalue weighted by Crippen LogP contribution is 2.19. The van der Waals surface area contributed by atoms with Gasteiger partial charge in [0.15, 0.2) is 17.5 Å². The minimum atomic E-state index is -1.52. The Morgan fingerprint density at radius 3 is 2.07 bits per heavy atom. The third-order valence-corrected chi connectivity index (χ3v) is 1.93. The molecule has 0 fully saturated rings. The molecule has 0 aromatic heterocycles. The smallest absolute Gasteiger partial charge is 0.194 e. The summed E-state index contributed by atoms with van der Waals surface area (Å²) in [5.74, 6) is -4.10. The summed E-state index contributed by atoms with van der Waals surface area (Å²) in [6.07, 6.45) is -1.04. The standard InChI is InChI=1S/C10H12F3NO/c1-14(2)5-9(15)6-3-7(11)10(13)8(12)4-6/h3-4,9,15H,5H2,1-2H3/t9-/m0/s1. The van der Waals surface area contributed by atoms with Gasteiger partial charge in [0.05, 0.1) is 6.10 Å². The molecule has 84 valence electrons. The lowest BCUT2D eigenvalue weighted by atomic mass is 10.1. The van der Waals surface area contributed by atoms with Gasteiger partial charge in [0, 0.05) is 6.54 Å². The van der Waals surface area contributed by atoms with Crippen LogP contribution in [-0.4, -0.2) is 30.6 Å².